The highest BCUT2D eigenvalue weighted by Crippen LogP contribution is 2.35. The highest BCUT2D eigenvalue weighted by atomic mass is 32.2. The van der Waals surface area contributed by atoms with Crippen molar-refractivity contribution >= 4 is 38.2 Å². The SMILES string of the molecule is COc1cc2ncnc(Nc3ccc(/C(C)=N\OCc4ccccc4)cc3)c2cc1OCCCN1CCOCC1.O=S(=O)(O)CCO. The Bertz CT molecular complexity index is 1680. The molecule has 13 nitrogen and oxygen atoms in total. The van der Waals surface area contributed by atoms with E-state index in [-0.39, 0.29) is 0 Å². The van der Waals surface area contributed by atoms with E-state index in [1.807, 2.05) is 73.7 Å². The molecule has 1 aliphatic heterocycles. The summed E-state index contributed by atoms with van der Waals surface area (Å²) in [6.45, 7) is 6.95. The number of fused-ring (bicyclic) bond motifs is 1. The van der Waals surface area contributed by atoms with Gasteiger partial charge in [-0.25, -0.2) is 9.97 Å². The molecule has 1 fully saturated rings. The molecule has 4 aromatic rings. The quantitative estimate of drug-likeness (QED) is 0.0757. The molecule has 1 aromatic heterocycles. The first kappa shape index (κ1) is 35.5. The maximum Gasteiger partial charge on any atom is 0.267 e. The number of aliphatic hydroxyl groups is 1. The topological polar surface area (TPSA) is 165 Å². The van der Waals surface area contributed by atoms with Crippen molar-refractivity contribution in [2.24, 2.45) is 5.16 Å². The second-order valence-electron chi connectivity index (χ2n) is 10.5. The molecule has 1 saturated heterocycles. The predicted molar refractivity (Wildman–Crippen MR) is 180 cm³/mol. The van der Waals surface area contributed by atoms with Gasteiger partial charge in [0.25, 0.3) is 10.1 Å². The molecule has 0 radical (unpaired) electrons. The van der Waals surface area contributed by atoms with E-state index in [1.54, 1.807) is 13.4 Å². The molecule has 3 aromatic carbocycles. The van der Waals surface area contributed by atoms with Gasteiger partial charge in [0.2, 0.25) is 0 Å². The van der Waals surface area contributed by atoms with Crippen LogP contribution in [0.3, 0.4) is 0 Å². The summed E-state index contributed by atoms with van der Waals surface area (Å²) < 4.78 is 44.2. The molecule has 0 spiro atoms. The third-order valence-electron chi connectivity index (χ3n) is 7.09. The predicted octanol–water partition coefficient (Wildman–Crippen LogP) is 4.29. The van der Waals surface area contributed by atoms with Gasteiger partial charge in [-0.15, -0.1) is 0 Å². The van der Waals surface area contributed by atoms with Crippen LogP contribution in [0.5, 0.6) is 11.5 Å². The van der Waals surface area contributed by atoms with Crippen LogP contribution in [0.2, 0.25) is 0 Å². The van der Waals surface area contributed by atoms with Crippen molar-refractivity contribution in [3.63, 3.8) is 0 Å². The lowest BCUT2D eigenvalue weighted by Gasteiger charge is -2.26. The Labute approximate surface area is 274 Å². The second-order valence-corrected chi connectivity index (χ2v) is 12.1. The number of benzene rings is 3. The van der Waals surface area contributed by atoms with Crippen molar-refractivity contribution in [3.8, 4) is 11.5 Å². The summed E-state index contributed by atoms with van der Waals surface area (Å²) >= 11 is 0. The fourth-order valence-corrected chi connectivity index (χ4v) is 4.84. The molecule has 0 amide bonds. The van der Waals surface area contributed by atoms with E-state index in [0.717, 1.165) is 72.7 Å². The summed E-state index contributed by atoms with van der Waals surface area (Å²) in [6.07, 6.45) is 2.46. The molecule has 1 aliphatic rings. The number of methoxy groups -OCH3 is 1. The number of aliphatic hydroxyl groups excluding tert-OH is 1. The average molecular weight is 668 g/mol. The van der Waals surface area contributed by atoms with Crippen LogP contribution in [0.1, 0.15) is 24.5 Å². The maximum absolute atomic E-state index is 9.63. The zero-order chi connectivity index (χ0) is 33.5. The number of morpholine rings is 1. The molecule has 0 atom stereocenters. The molecule has 0 unspecified atom stereocenters. The van der Waals surface area contributed by atoms with Crippen LogP contribution in [0, 0.1) is 0 Å². The summed E-state index contributed by atoms with van der Waals surface area (Å²) in [5.41, 5.74) is 4.52. The molecule has 3 N–H and O–H groups in total. The number of hydrogen-bond donors (Lipinski definition) is 3. The van der Waals surface area contributed by atoms with Gasteiger partial charge in [-0.2, -0.15) is 8.42 Å². The molecule has 14 heteroatoms. The number of anilines is 2. The van der Waals surface area contributed by atoms with E-state index >= 15 is 0 Å². The molecule has 0 saturated carbocycles. The van der Waals surface area contributed by atoms with Crippen molar-refractivity contribution in [1.82, 2.24) is 14.9 Å². The van der Waals surface area contributed by atoms with Crippen LogP contribution in [-0.4, -0.2) is 97.6 Å². The van der Waals surface area contributed by atoms with Crippen LogP contribution in [0.25, 0.3) is 10.9 Å². The first-order valence-electron chi connectivity index (χ1n) is 15.2. The number of hydrogen-bond acceptors (Lipinski definition) is 12. The molecule has 2 heterocycles. The Hall–Kier alpha value is -4.34. The van der Waals surface area contributed by atoms with E-state index in [9.17, 15) is 8.42 Å². The van der Waals surface area contributed by atoms with Gasteiger partial charge in [0, 0.05) is 36.8 Å². The van der Waals surface area contributed by atoms with Gasteiger partial charge in [-0.1, -0.05) is 47.6 Å². The van der Waals surface area contributed by atoms with E-state index in [2.05, 4.69) is 25.3 Å². The minimum Gasteiger partial charge on any atom is -0.493 e. The maximum atomic E-state index is 9.63. The van der Waals surface area contributed by atoms with Gasteiger partial charge in [0.1, 0.15) is 18.8 Å². The molecular weight excluding hydrogens is 626 g/mol. The Morgan fingerprint density at radius 1 is 1.04 bits per heavy atom. The first-order chi connectivity index (χ1) is 22.8. The second kappa shape index (κ2) is 18.1. The summed E-state index contributed by atoms with van der Waals surface area (Å²) in [5.74, 6) is 1.44. The van der Waals surface area contributed by atoms with Crippen LogP contribution >= 0.6 is 0 Å². The highest BCUT2D eigenvalue weighted by Gasteiger charge is 2.14. The van der Waals surface area contributed by atoms with Gasteiger partial charge < -0.3 is 29.5 Å². The zero-order valence-corrected chi connectivity index (χ0v) is 27.4. The monoisotopic (exact) mass is 667 g/mol. The lowest BCUT2D eigenvalue weighted by atomic mass is 10.1. The Kier molecular flexibility index (Phi) is 13.7. The Balaban J connectivity index is 0.000000644. The molecule has 252 valence electrons. The number of ether oxygens (including phenoxy) is 3. The standard InChI is InChI=1S/C31H35N5O4.C2H6O4S/c1-23(35-40-21-24-7-4-3-5-8-24)25-9-11-26(12-10-25)34-31-27-19-30(29(37-2)20-28(27)32-22-33-31)39-16-6-13-36-14-17-38-18-15-36;3-1-2-7(4,5)6/h3-5,7-12,19-20,22H,6,13-18,21H2,1-2H3,(H,32,33,34);3H,1-2H2,(H,4,5,6)/b35-23-;. The fraction of sp³-hybridized carbons (Fsp3) is 0.364. The number of nitrogens with zero attached hydrogens (tertiary/aromatic N) is 4. The highest BCUT2D eigenvalue weighted by molar-refractivity contribution is 7.85. The van der Waals surface area contributed by atoms with Crippen molar-refractivity contribution in [3.05, 3.63) is 84.2 Å². The summed E-state index contributed by atoms with van der Waals surface area (Å²) in [6, 6.07) is 21.8. The molecule has 5 rings (SSSR count). The fourth-order valence-electron chi connectivity index (χ4n) is 4.61. The van der Waals surface area contributed by atoms with Crippen molar-refractivity contribution in [1.29, 1.82) is 0 Å². The van der Waals surface area contributed by atoms with Crippen LogP contribution in [-0.2, 0) is 26.3 Å². The van der Waals surface area contributed by atoms with E-state index in [1.165, 1.54) is 0 Å². The Morgan fingerprint density at radius 2 is 1.79 bits per heavy atom. The Morgan fingerprint density at radius 3 is 2.45 bits per heavy atom. The third-order valence-corrected chi connectivity index (χ3v) is 7.79. The zero-order valence-electron chi connectivity index (χ0n) is 26.5. The van der Waals surface area contributed by atoms with Gasteiger partial charge >= 0.3 is 0 Å². The molecule has 47 heavy (non-hydrogen) atoms. The lowest BCUT2D eigenvalue weighted by molar-refractivity contribution is 0.0357. The van der Waals surface area contributed by atoms with Crippen LogP contribution in [0.4, 0.5) is 11.5 Å². The van der Waals surface area contributed by atoms with Crippen LogP contribution in [0.15, 0.2) is 78.2 Å². The van der Waals surface area contributed by atoms with Crippen molar-refractivity contribution in [2.75, 3.05) is 64.2 Å². The third kappa shape index (κ3) is 11.8. The minimum absolute atomic E-state index is 0.433. The summed E-state index contributed by atoms with van der Waals surface area (Å²) in [5, 5.41) is 16.4. The van der Waals surface area contributed by atoms with E-state index in [0.29, 0.717) is 30.5 Å². The molecule has 0 aliphatic carbocycles. The number of rotatable bonds is 14. The largest absolute Gasteiger partial charge is 0.493 e. The van der Waals surface area contributed by atoms with E-state index in [4.69, 9.17) is 28.7 Å². The average Bonchev–Trinajstić information content (AvgIpc) is 3.07. The summed E-state index contributed by atoms with van der Waals surface area (Å²) in [4.78, 5) is 16.9. The van der Waals surface area contributed by atoms with Gasteiger partial charge in [0.15, 0.2) is 11.5 Å². The van der Waals surface area contributed by atoms with Crippen molar-refractivity contribution < 1.29 is 37.1 Å². The minimum atomic E-state index is -3.92. The van der Waals surface area contributed by atoms with Crippen LogP contribution < -0.4 is 14.8 Å². The van der Waals surface area contributed by atoms with Gasteiger partial charge in [0.05, 0.1) is 50.5 Å². The van der Waals surface area contributed by atoms with Gasteiger partial charge in [-0.05, 0) is 42.7 Å². The van der Waals surface area contributed by atoms with Gasteiger partial charge in [-0.3, -0.25) is 9.45 Å². The number of nitrogens with one attached hydrogen (secondary N) is 1. The van der Waals surface area contributed by atoms with Crippen molar-refractivity contribution in [2.45, 2.75) is 20.0 Å². The molecular formula is C33H41N5O8S. The lowest BCUT2D eigenvalue weighted by Crippen LogP contribution is -2.37. The smallest absolute Gasteiger partial charge is 0.267 e. The van der Waals surface area contributed by atoms with E-state index < -0.39 is 22.5 Å². The first-order valence-corrected chi connectivity index (χ1v) is 16.8. The number of aromatic nitrogens is 2. The number of oxime groups is 1. The summed E-state index contributed by atoms with van der Waals surface area (Å²) in [7, 11) is -2.28. The normalized spacial score (nSPS) is 13.8. The molecule has 0 bridgehead atoms.